The molecular formula is C30H31Cl2NO4. The Morgan fingerprint density at radius 1 is 0.973 bits per heavy atom. The highest BCUT2D eigenvalue weighted by Gasteiger charge is 2.53. The van der Waals surface area contributed by atoms with E-state index < -0.39 is 11.3 Å². The number of halogens is 2. The van der Waals surface area contributed by atoms with E-state index in [4.69, 9.17) is 27.9 Å². The van der Waals surface area contributed by atoms with Gasteiger partial charge in [-0.1, -0.05) is 59.6 Å². The second kappa shape index (κ2) is 10.0. The van der Waals surface area contributed by atoms with E-state index in [1.165, 1.54) is 0 Å². The van der Waals surface area contributed by atoms with Crippen LogP contribution in [0.2, 0.25) is 10.0 Å². The van der Waals surface area contributed by atoms with E-state index in [-0.39, 0.29) is 24.3 Å². The van der Waals surface area contributed by atoms with E-state index in [0.29, 0.717) is 34.3 Å². The molecule has 0 saturated heterocycles. The van der Waals surface area contributed by atoms with Crippen LogP contribution in [-0.4, -0.2) is 34.2 Å². The zero-order valence-corrected chi connectivity index (χ0v) is 22.5. The second-order valence-corrected chi connectivity index (χ2v) is 11.5. The molecule has 1 fully saturated rings. The summed E-state index contributed by atoms with van der Waals surface area (Å²) in [6, 6.07) is 20.3. The van der Waals surface area contributed by atoms with Gasteiger partial charge in [-0.2, -0.15) is 0 Å². The van der Waals surface area contributed by atoms with Gasteiger partial charge in [0.2, 0.25) is 0 Å². The predicted octanol–water partition coefficient (Wildman–Crippen LogP) is 6.11. The van der Waals surface area contributed by atoms with Gasteiger partial charge in [-0.15, -0.1) is 0 Å². The van der Waals surface area contributed by atoms with Crippen molar-refractivity contribution in [3.05, 3.63) is 105 Å². The van der Waals surface area contributed by atoms with Crippen LogP contribution in [0.3, 0.4) is 0 Å². The van der Waals surface area contributed by atoms with Gasteiger partial charge in [0.15, 0.2) is 5.72 Å². The number of hydrogen-bond acceptors (Lipinski definition) is 4. The summed E-state index contributed by atoms with van der Waals surface area (Å²) in [6.45, 7) is 4.22. The summed E-state index contributed by atoms with van der Waals surface area (Å²) >= 11 is 12.4. The first-order chi connectivity index (χ1) is 17.6. The number of ether oxygens (including phenoxy) is 1. The van der Waals surface area contributed by atoms with Gasteiger partial charge in [0.1, 0.15) is 0 Å². The molecule has 2 N–H and O–H groups in total. The van der Waals surface area contributed by atoms with Crippen LogP contribution in [0.1, 0.15) is 59.3 Å². The summed E-state index contributed by atoms with van der Waals surface area (Å²) in [5, 5.41) is 21.7. The Morgan fingerprint density at radius 3 is 2.16 bits per heavy atom. The standard InChI is InChI=1S/C30H31Cl2NO4/c1-29(2,36)23-9-14-27-26(15-23)28(35)33(16-19-3-10-24(31)11-4-19)30(27,22-7-12-25(32)13-8-22)37-18-21-6-5-20(21)17-34/h3-4,7-15,20-21,34,36H,5-6,16-18H2,1-2H3/t20?,21?,30-/m1/s1. The smallest absolute Gasteiger partial charge is 0.257 e. The first kappa shape index (κ1) is 26.2. The van der Waals surface area contributed by atoms with E-state index >= 15 is 0 Å². The molecule has 1 amide bonds. The number of nitrogens with zero attached hydrogens (tertiary/aromatic N) is 1. The highest BCUT2D eigenvalue weighted by atomic mass is 35.5. The van der Waals surface area contributed by atoms with Gasteiger partial charge in [-0.25, -0.2) is 0 Å². The molecule has 37 heavy (non-hydrogen) atoms. The van der Waals surface area contributed by atoms with E-state index in [9.17, 15) is 15.0 Å². The van der Waals surface area contributed by atoms with Crippen LogP contribution in [-0.2, 0) is 22.6 Å². The van der Waals surface area contributed by atoms with Crippen LogP contribution in [0.25, 0.3) is 0 Å². The molecule has 0 spiro atoms. The van der Waals surface area contributed by atoms with Crippen molar-refractivity contribution < 1.29 is 19.7 Å². The van der Waals surface area contributed by atoms with Crippen molar-refractivity contribution in [2.45, 2.75) is 44.6 Å². The summed E-state index contributed by atoms with van der Waals surface area (Å²) in [5.41, 5.74) is 1.25. The summed E-state index contributed by atoms with van der Waals surface area (Å²) in [5.74, 6) is 0.223. The number of benzene rings is 3. The molecule has 5 rings (SSSR count). The molecule has 3 aromatic carbocycles. The minimum Gasteiger partial charge on any atom is -0.396 e. The van der Waals surface area contributed by atoms with Crippen molar-refractivity contribution >= 4 is 29.1 Å². The lowest BCUT2D eigenvalue weighted by Gasteiger charge is -2.43. The summed E-state index contributed by atoms with van der Waals surface area (Å²) < 4.78 is 6.85. The molecule has 0 radical (unpaired) electrons. The topological polar surface area (TPSA) is 70.0 Å². The number of fused-ring (bicyclic) bond motifs is 1. The molecule has 2 unspecified atom stereocenters. The van der Waals surface area contributed by atoms with Crippen molar-refractivity contribution in [2.24, 2.45) is 11.8 Å². The van der Waals surface area contributed by atoms with Crippen molar-refractivity contribution in [1.29, 1.82) is 0 Å². The molecular weight excluding hydrogens is 509 g/mol. The van der Waals surface area contributed by atoms with Crippen LogP contribution in [0.5, 0.6) is 0 Å². The summed E-state index contributed by atoms with van der Waals surface area (Å²) in [4.78, 5) is 15.9. The maximum atomic E-state index is 14.1. The quantitative estimate of drug-likeness (QED) is 0.362. The third-order valence-corrected chi connectivity index (χ3v) is 8.26. The van der Waals surface area contributed by atoms with Crippen molar-refractivity contribution in [2.75, 3.05) is 13.2 Å². The molecule has 1 saturated carbocycles. The molecule has 3 atom stereocenters. The summed E-state index contributed by atoms with van der Waals surface area (Å²) in [6.07, 6.45) is 1.94. The zero-order chi connectivity index (χ0) is 26.4. The van der Waals surface area contributed by atoms with Crippen LogP contribution >= 0.6 is 23.2 Å². The van der Waals surface area contributed by atoms with E-state index in [1.807, 2.05) is 48.5 Å². The molecule has 1 heterocycles. The lowest BCUT2D eigenvalue weighted by atomic mass is 9.74. The van der Waals surface area contributed by atoms with Crippen LogP contribution in [0.4, 0.5) is 0 Å². The number of aliphatic hydroxyl groups is 2. The van der Waals surface area contributed by atoms with Crippen molar-refractivity contribution in [3.8, 4) is 0 Å². The second-order valence-electron chi connectivity index (χ2n) is 10.6. The highest BCUT2D eigenvalue weighted by molar-refractivity contribution is 6.30. The monoisotopic (exact) mass is 539 g/mol. The maximum absolute atomic E-state index is 14.1. The normalized spacial score (nSPS) is 23.2. The average Bonchev–Trinajstić information content (AvgIpc) is 3.08. The van der Waals surface area contributed by atoms with Gasteiger partial charge < -0.3 is 14.9 Å². The molecule has 5 nitrogen and oxygen atoms in total. The van der Waals surface area contributed by atoms with Crippen LogP contribution in [0.15, 0.2) is 66.7 Å². The Kier molecular flexibility index (Phi) is 7.12. The fourth-order valence-electron chi connectivity index (χ4n) is 5.34. The van der Waals surface area contributed by atoms with Crippen LogP contribution < -0.4 is 0 Å². The SMILES string of the molecule is CC(C)(O)c1ccc2c(c1)C(=O)N(Cc1ccc(Cl)cc1)[C@@]2(OCC1CCC1CO)c1ccc(Cl)cc1. The minimum absolute atomic E-state index is 0.126. The maximum Gasteiger partial charge on any atom is 0.257 e. The third-order valence-electron chi connectivity index (χ3n) is 7.75. The van der Waals surface area contributed by atoms with Gasteiger partial charge in [0, 0.05) is 39.9 Å². The Morgan fingerprint density at radius 2 is 1.59 bits per heavy atom. The molecule has 1 aliphatic carbocycles. The Bertz CT molecular complexity index is 1280. The van der Waals surface area contributed by atoms with E-state index in [0.717, 1.165) is 29.5 Å². The molecule has 0 aromatic heterocycles. The van der Waals surface area contributed by atoms with Gasteiger partial charge in [0.25, 0.3) is 5.91 Å². The van der Waals surface area contributed by atoms with E-state index in [2.05, 4.69) is 0 Å². The number of carbonyl (C=O) groups excluding carboxylic acids is 1. The predicted molar refractivity (Wildman–Crippen MR) is 144 cm³/mol. The number of hydrogen-bond donors (Lipinski definition) is 2. The van der Waals surface area contributed by atoms with Gasteiger partial charge in [0.05, 0.1) is 12.2 Å². The van der Waals surface area contributed by atoms with Gasteiger partial charge >= 0.3 is 0 Å². The number of rotatable bonds is 8. The molecule has 1 aliphatic heterocycles. The largest absolute Gasteiger partial charge is 0.396 e. The fourth-order valence-corrected chi connectivity index (χ4v) is 5.59. The van der Waals surface area contributed by atoms with E-state index in [1.54, 1.807) is 36.9 Å². The third kappa shape index (κ3) is 4.80. The zero-order valence-electron chi connectivity index (χ0n) is 21.0. The average molecular weight is 540 g/mol. The molecule has 2 aliphatic rings. The molecule has 3 aromatic rings. The number of aliphatic hydroxyl groups excluding tert-OH is 1. The Balaban J connectivity index is 1.67. The summed E-state index contributed by atoms with van der Waals surface area (Å²) in [7, 11) is 0. The van der Waals surface area contributed by atoms with Gasteiger partial charge in [-0.3, -0.25) is 9.69 Å². The Hall–Kier alpha value is -2.41. The van der Waals surface area contributed by atoms with Crippen molar-refractivity contribution in [3.63, 3.8) is 0 Å². The van der Waals surface area contributed by atoms with Crippen LogP contribution in [0, 0.1) is 11.8 Å². The van der Waals surface area contributed by atoms with Gasteiger partial charge in [-0.05, 0) is 80.0 Å². The van der Waals surface area contributed by atoms with Crippen molar-refractivity contribution in [1.82, 2.24) is 4.90 Å². The first-order valence-corrected chi connectivity index (χ1v) is 13.3. The number of amides is 1. The number of carbonyl (C=O) groups is 1. The fraction of sp³-hybridized carbons (Fsp3) is 0.367. The first-order valence-electron chi connectivity index (χ1n) is 12.6. The lowest BCUT2D eigenvalue weighted by molar-refractivity contribution is -0.138. The molecule has 7 heteroatoms. The highest BCUT2D eigenvalue weighted by Crippen LogP contribution is 2.48. The molecule has 0 bridgehead atoms. The Labute approximate surface area is 227 Å². The minimum atomic E-state index is -1.20. The molecule has 194 valence electrons. The lowest BCUT2D eigenvalue weighted by Crippen LogP contribution is -2.48.